The summed E-state index contributed by atoms with van der Waals surface area (Å²) in [5.74, 6) is 0. The van der Waals surface area contributed by atoms with Crippen LogP contribution in [0.3, 0.4) is 0 Å². The fraction of sp³-hybridized carbons (Fsp3) is 0.222. The second kappa shape index (κ2) is 5.51. The summed E-state index contributed by atoms with van der Waals surface area (Å²) in [4.78, 5) is 3.47. The van der Waals surface area contributed by atoms with Crippen LogP contribution < -0.4 is 5.32 Å². The molecule has 3 aromatic rings. The Labute approximate surface area is 119 Å². The van der Waals surface area contributed by atoms with Gasteiger partial charge in [0.15, 0.2) is 0 Å². The van der Waals surface area contributed by atoms with Gasteiger partial charge in [-0.25, -0.2) is 0 Å². The standard InChI is InChI=1S/C18H20N2/c1-13-17(16-5-3-4-6-18(16)20-13)11-14-7-9-15(10-8-14)12-19-2/h3-10,19-20H,11-12H2,1-2H3. The van der Waals surface area contributed by atoms with Crippen molar-refractivity contribution in [2.24, 2.45) is 0 Å². The molecule has 2 nitrogen and oxygen atoms in total. The Bertz CT molecular complexity index is 708. The molecule has 0 radical (unpaired) electrons. The lowest BCUT2D eigenvalue weighted by Crippen LogP contribution is -2.04. The number of para-hydroxylation sites is 1. The molecule has 0 atom stereocenters. The number of hydrogen-bond donors (Lipinski definition) is 2. The highest BCUT2D eigenvalue weighted by Gasteiger charge is 2.08. The van der Waals surface area contributed by atoms with Gasteiger partial charge in [-0.2, -0.15) is 0 Å². The predicted molar refractivity (Wildman–Crippen MR) is 85.0 cm³/mol. The molecular formula is C18H20N2. The van der Waals surface area contributed by atoms with Gasteiger partial charge in [0.05, 0.1) is 0 Å². The molecule has 0 unspecified atom stereocenters. The van der Waals surface area contributed by atoms with Crippen molar-refractivity contribution in [3.8, 4) is 0 Å². The molecular weight excluding hydrogens is 244 g/mol. The van der Waals surface area contributed by atoms with Gasteiger partial charge < -0.3 is 10.3 Å². The van der Waals surface area contributed by atoms with Crippen molar-refractivity contribution in [2.75, 3.05) is 7.05 Å². The van der Waals surface area contributed by atoms with Crippen molar-refractivity contribution in [1.29, 1.82) is 0 Å². The van der Waals surface area contributed by atoms with Crippen LogP contribution in [0.4, 0.5) is 0 Å². The normalized spacial score (nSPS) is 11.1. The molecule has 0 aliphatic heterocycles. The van der Waals surface area contributed by atoms with E-state index in [1.54, 1.807) is 0 Å². The number of benzene rings is 2. The van der Waals surface area contributed by atoms with E-state index in [4.69, 9.17) is 0 Å². The molecule has 2 aromatic carbocycles. The highest BCUT2D eigenvalue weighted by Crippen LogP contribution is 2.24. The number of H-pyrrole nitrogens is 1. The van der Waals surface area contributed by atoms with Crippen LogP contribution in [0.5, 0.6) is 0 Å². The van der Waals surface area contributed by atoms with Gasteiger partial charge in [0.25, 0.3) is 0 Å². The highest BCUT2D eigenvalue weighted by atomic mass is 14.8. The zero-order valence-electron chi connectivity index (χ0n) is 12.0. The van der Waals surface area contributed by atoms with Gasteiger partial charge in [0.2, 0.25) is 0 Å². The Morgan fingerprint density at radius 2 is 1.65 bits per heavy atom. The topological polar surface area (TPSA) is 27.8 Å². The van der Waals surface area contributed by atoms with Crippen molar-refractivity contribution in [3.63, 3.8) is 0 Å². The van der Waals surface area contributed by atoms with Crippen molar-refractivity contribution >= 4 is 10.9 Å². The Balaban J connectivity index is 1.91. The molecule has 3 rings (SSSR count). The monoisotopic (exact) mass is 264 g/mol. The largest absolute Gasteiger partial charge is 0.358 e. The van der Waals surface area contributed by atoms with Crippen LogP contribution in [0.1, 0.15) is 22.4 Å². The van der Waals surface area contributed by atoms with Gasteiger partial charge in [-0.1, -0.05) is 42.5 Å². The minimum absolute atomic E-state index is 0.923. The second-order valence-electron chi connectivity index (χ2n) is 5.30. The van der Waals surface area contributed by atoms with Gasteiger partial charge in [-0.05, 0) is 43.1 Å². The number of nitrogens with one attached hydrogen (secondary N) is 2. The summed E-state index contributed by atoms with van der Waals surface area (Å²) >= 11 is 0. The van der Waals surface area contributed by atoms with Crippen LogP contribution in [-0.2, 0) is 13.0 Å². The lowest BCUT2D eigenvalue weighted by atomic mass is 10.0. The molecule has 0 fully saturated rings. The number of hydrogen-bond acceptors (Lipinski definition) is 1. The van der Waals surface area contributed by atoms with E-state index in [1.807, 2.05) is 7.05 Å². The third kappa shape index (κ3) is 2.47. The maximum Gasteiger partial charge on any atom is 0.0458 e. The Morgan fingerprint density at radius 3 is 2.40 bits per heavy atom. The minimum Gasteiger partial charge on any atom is -0.358 e. The lowest BCUT2D eigenvalue weighted by molar-refractivity contribution is 0.817. The zero-order chi connectivity index (χ0) is 13.9. The van der Waals surface area contributed by atoms with Gasteiger partial charge in [-0.3, -0.25) is 0 Å². The summed E-state index contributed by atoms with van der Waals surface area (Å²) in [6.45, 7) is 3.08. The summed E-state index contributed by atoms with van der Waals surface area (Å²) in [5.41, 5.74) is 6.59. The number of aromatic nitrogens is 1. The maximum absolute atomic E-state index is 3.47. The van der Waals surface area contributed by atoms with Crippen LogP contribution in [-0.4, -0.2) is 12.0 Å². The zero-order valence-corrected chi connectivity index (χ0v) is 12.0. The summed E-state index contributed by atoms with van der Waals surface area (Å²) < 4.78 is 0. The van der Waals surface area contributed by atoms with Crippen molar-refractivity contribution in [3.05, 3.63) is 70.9 Å². The van der Waals surface area contributed by atoms with Crippen LogP contribution in [0.2, 0.25) is 0 Å². The van der Waals surface area contributed by atoms with E-state index in [1.165, 1.54) is 33.3 Å². The Morgan fingerprint density at radius 1 is 0.950 bits per heavy atom. The third-order valence-corrected chi connectivity index (χ3v) is 3.81. The van der Waals surface area contributed by atoms with E-state index >= 15 is 0 Å². The van der Waals surface area contributed by atoms with Gasteiger partial charge in [-0.15, -0.1) is 0 Å². The molecule has 0 bridgehead atoms. The Kier molecular flexibility index (Phi) is 3.57. The fourth-order valence-electron chi connectivity index (χ4n) is 2.75. The molecule has 0 aliphatic rings. The van der Waals surface area contributed by atoms with Crippen LogP contribution >= 0.6 is 0 Å². The molecule has 0 spiro atoms. The van der Waals surface area contributed by atoms with E-state index in [0.717, 1.165) is 13.0 Å². The molecule has 2 heteroatoms. The van der Waals surface area contributed by atoms with E-state index in [0.29, 0.717) is 0 Å². The SMILES string of the molecule is CNCc1ccc(Cc2c(C)[nH]c3ccccc23)cc1. The minimum atomic E-state index is 0.923. The van der Waals surface area contributed by atoms with Crippen LogP contribution in [0.25, 0.3) is 10.9 Å². The summed E-state index contributed by atoms with van der Waals surface area (Å²) in [6, 6.07) is 17.4. The third-order valence-electron chi connectivity index (χ3n) is 3.81. The van der Waals surface area contributed by atoms with Crippen molar-refractivity contribution in [1.82, 2.24) is 10.3 Å². The highest BCUT2D eigenvalue weighted by molar-refractivity contribution is 5.84. The van der Waals surface area contributed by atoms with E-state index in [9.17, 15) is 0 Å². The van der Waals surface area contributed by atoms with E-state index in [-0.39, 0.29) is 0 Å². The molecule has 1 heterocycles. The van der Waals surface area contributed by atoms with Gasteiger partial charge in [0, 0.05) is 23.1 Å². The van der Waals surface area contributed by atoms with Crippen molar-refractivity contribution < 1.29 is 0 Å². The molecule has 0 saturated carbocycles. The van der Waals surface area contributed by atoms with Crippen LogP contribution in [0.15, 0.2) is 48.5 Å². The number of aryl methyl sites for hydroxylation is 1. The lowest BCUT2D eigenvalue weighted by Gasteiger charge is -2.05. The van der Waals surface area contributed by atoms with Crippen molar-refractivity contribution in [2.45, 2.75) is 19.9 Å². The quantitative estimate of drug-likeness (QED) is 0.737. The predicted octanol–water partition coefficient (Wildman–Crippen LogP) is 3.79. The number of fused-ring (bicyclic) bond motifs is 1. The van der Waals surface area contributed by atoms with Crippen LogP contribution in [0, 0.1) is 6.92 Å². The second-order valence-corrected chi connectivity index (χ2v) is 5.30. The van der Waals surface area contributed by atoms with Gasteiger partial charge in [0.1, 0.15) is 0 Å². The smallest absolute Gasteiger partial charge is 0.0458 e. The fourth-order valence-corrected chi connectivity index (χ4v) is 2.75. The average Bonchev–Trinajstić information content (AvgIpc) is 2.78. The summed E-state index contributed by atoms with van der Waals surface area (Å²) in [7, 11) is 1.98. The molecule has 102 valence electrons. The van der Waals surface area contributed by atoms with Gasteiger partial charge >= 0.3 is 0 Å². The molecule has 0 amide bonds. The summed E-state index contributed by atoms with van der Waals surface area (Å²) in [6.07, 6.45) is 0.982. The first-order valence-electron chi connectivity index (χ1n) is 7.06. The first-order valence-corrected chi connectivity index (χ1v) is 7.06. The molecule has 2 N–H and O–H groups in total. The number of aromatic amines is 1. The molecule has 0 saturated heterocycles. The average molecular weight is 264 g/mol. The first-order chi connectivity index (χ1) is 9.78. The molecule has 0 aliphatic carbocycles. The van der Waals surface area contributed by atoms with E-state index < -0.39 is 0 Å². The van der Waals surface area contributed by atoms with E-state index in [2.05, 4.69) is 65.8 Å². The molecule has 1 aromatic heterocycles. The number of rotatable bonds is 4. The molecule has 20 heavy (non-hydrogen) atoms. The maximum atomic E-state index is 3.47. The summed E-state index contributed by atoms with van der Waals surface area (Å²) in [5, 5.41) is 4.51. The Hall–Kier alpha value is -2.06. The first kappa shape index (κ1) is 12.9.